The number of nitrogens with zero attached hydrogens (tertiary/aromatic N) is 2. The van der Waals surface area contributed by atoms with Gasteiger partial charge >= 0.3 is 5.97 Å². The van der Waals surface area contributed by atoms with Crippen LogP contribution in [-0.4, -0.2) is 26.5 Å². The van der Waals surface area contributed by atoms with E-state index in [0.29, 0.717) is 15.8 Å². The van der Waals surface area contributed by atoms with E-state index in [1.54, 1.807) is 30.3 Å². The molecule has 0 aliphatic rings. The number of nitrogens with one attached hydrogen (secondary N) is 1. The Morgan fingerprint density at radius 3 is 2.30 bits per heavy atom. The summed E-state index contributed by atoms with van der Waals surface area (Å²) in [5.41, 5.74) is 1.47. The zero-order valence-corrected chi connectivity index (χ0v) is 13.0. The van der Waals surface area contributed by atoms with Crippen molar-refractivity contribution in [3.8, 4) is 22.8 Å². The number of rotatable bonds is 4. The van der Waals surface area contributed by atoms with Crippen molar-refractivity contribution >= 4 is 29.2 Å². The molecule has 2 aromatic carbocycles. The molecule has 116 valence electrons. The van der Waals surface area contributed by atoms with Gasteiger partial charge in [-0.05, 0) is 41.5 Å². The van der Waals surface area contributed by atoms with Gasteiger partial charge in [0.25, 0.3) is 5.88 Å². The van der Waals surface area contributed by atoms with Crippen molar-refractivity contribution in [3.63, 3.8) is 0 Å². The molecule has 6 nitrogen and oxygen atoms in total. The lowest BCUT2D eigenvalue weighted by molar-refractivity contribution is 0.0687. The van der Waals surface area contributed by atoms with E-state index in [1.165, 1.54) is 0 Å². The molecular formula is C15H9Cl2N3O3. The first-order valence-corrected chi connectivity index (χ1v) is 7.17. The smallest absolute Gasteiger partial charge is 0.362 e. The second-order valence-corrected chi connectivity index (χ2v) is 5.45. The Labute approximate surface area is 140 Å². The SMILES string of the molecule is O=C(O)c1nn[nH]c1Oc1ccc(-c2cc(Cl)cc(Cl)c2)cc1. The molecule has 0 radical (unpaired) electrons. The highest BCUT2D eigenvalue weighted by atomic mass is 35.5. The minimum atomic E-state index is -1.22. The molecule has 0 spiro atoms. The third-order valence-electron chi connectivity index (χ3n) is 2.99. The summed E-state index contributed by atoms with van der Waals surface area (Å²) < 4.78 is 5.44. The van der Waals surface area contributed by atoms with Crippen molar-refractivity contribution in [2.75, 3.05) is 0 Å². The van der Waals surface area contributed by atoms with Gasteiger partial charge in [0.1, 0.15) is 5.75 Å². The predicted octanol–water partition coefficient (Wildman–Crippen LogP) is 4.27. The first-order valence-electron chi connectivity index (χ1n) is 6.41. The van der Waals surface area contributed by atoms with Gasteiger partial charge in [-0.25, -0.2) is 9.89 Å². The fraction of sp³-hybridized carbons (Fsp3) is 0. The number of H-pyrrole nitrogens is 1. The lowest BCUT2D eigenvalue weighted by atomic mass is 10.1. The Morgan fingerprint density at radius 2 is 1.70 bits per heavy atom. The number of hydrogen-bond acceptors (Lipinski definition) is 4. The van der Waals surface area contributed by atoms with E-state index in [4.69, 9.17) is 33.0 Å². The van der Waals surface area contributed by atoms with Crippen LogP contribution in [0.4, 0.5) is 0 Å². The maximum Gasteiger partial charge on any atom is 0.362 e. The number of carboxylic acid groups (broad SMARTS) is 1. The Bertz CT molecular complexity index is 842. The second kappa shape index (κ2) is 6.28. The number of aromatic carboxylic acids is 1. The number of aromatic nitrogens is 3. The number of hydrogen-bond donors (Lipinski definition) is 2. The van der Waals surface area contributed by atoms with Crippen molar-refractivity contribution in [1.29, 1.82) is 0 Å². The standard InChI is InChI=1S/C15H9Cl2N3O3/c16-10-5-9(6-11(17)7-10)8-1-3-12(4-2-8)23-14-13(15(21)22)18-20-19-14/h1-7H,(H,21,22)(H,18,19,20). The summed E-state index contributed by atoms with van der Waals surface area (Å²) in [7, 11) is 0. The van der Waals surface area contributed by atoms with E-state index in [2.05, 4.69) is 15.4 Å². The lowest BCUT2D eigenvalue weighted by Crippen LogP contribution is -1.99. The molecule has 23 heavy (non-hydrogen) atoms. The van der Waals surface area contributed by atoms with E-state index < -0.39 is 5.97 Å². The van der Waals surface area contributed by atoms with Crippen molar-refractivity contribution in [2.24, 2.45) is 0 Å². The van der Waals surface area contributed by atoms with Crippen LogP contribution in [0, 0.1) is 0 Å². The van der Waals surface area contributed by atoms with Crippen LogP contribution in [0.5, 0.6) is 11.6 Å². The third-order valence-corrected chi connectivity index (χ3v) is 3.43. The van der Waals surface area contributed by atoms with Gasteiger partial charge in [-0.15, -0.1) is 5.10 Å². The monoisotopic (exact) mass is 349 g/mol. The van der Waals surface area contributed by atoms with Crippen LogP contribution in [0.25, 0.3) is 11.1 Å². The molecule has 0 fully saturated rings. The van der Waals surface area contributed by atoms with Gasteiger partial charge in [-0.1, -0.05) is 40.5 Å². The molecule has 3 rings (SSSR count). The van der Waals surface area contributed by atoms with E-state index in [9.17, 15) is 4.79 Å². The summed E-state index contributed by atoms with van der Waals surface area (Å²) >= 11 is 12.0. The second-order valence-electron chi connectivity index (χ2n) is 4.58. The molecule has 0 bridgehead atoms. The number of carboxylic acids is 1. The van der Waals surface area contributed by atoms with Gasteiger partial charge in [0, 0.05) is 10.0 Å². The molecule has 8 heteroatoms. The average Bonchev–Trinajstić information content (AvgIpc) is 2.95. The van der Waals surface area contributed by atoms with Gasteiger partial charge in [-0.2, -0.15) is 0 Å². The number of aromatic amines is 1. The van der Waals surface area contributed by atoms with E-state index in [0.717, 1.165) is 11.1 Å². The van der Waals surface area contributed by atoms with Crippen LogP contribution < -0.4 is 4.74 Å². The number of halogens is 2. The van der Waals surface area contributed by atoms with Crippen LogP contribution in [0.1, 0.15) is 10.5 Å². The number of benzene rings is 2. The minimum absolute atomic E-state index is 0.0314. The molecule has 0 aliphatic carbocycles. The minimum Gasteiger partial charge on any atom is -0.476 e. The summed E-state index contributed by atoms with van der Waals surface area (Å²) in [6.07, 6.45) is 0. The van der Waals surface area contributed by atoms with Crippen LogP contribution in [0.15, 0.2) is 42.5 Å². The molecule has 0 unspecified atom stereocenters. The van der Waals surface area contributed by atoms with Gasteiger partial charge in [-0.3, -0.25) is 0 Å². The lowest BCUT2D eigenvalue weighted by Gasteiger charge is -2.06. The van der Waals surface area contributed by atoms with Gasteiger partial charge in [0.05, 0.1) is 0 Å². The van der Waals surface area contributed by atoms with E-state index in [-0.39, 0.29) is 11.6 Å². The topological polar surface area (TPSA) is 88.1 Å². The van der Waals surface area contributed by atoms with Gasteiger partial charge in [0.15, 0.2) is 0 Å². The Kier molecular flexibility index (Phi) is 4.18. The molecular weight excluding hydrogens is 341 g/mol. The maximum absolute atomic E-state index is 10.9. The van der Waals surface area contributed by atoms with Gasteiger partial charge < -0.3 is 9.84 Å². The van der Waals surface area contributed by atoms with Crippen LogP contribution in [-0.2, 0) is 0 Å². The average molecular weight is 350 g/mol. The molecule has 0 amide bonds. The van der Waals surface area contributed by atoms with E-state index >= 15 is 0 Å². The van der Waals surface area contributed by atoms with Crippen molar-refractivity contribution in [2.45, 2.75) is 0 Å². The molecule has 0 atom stereocenters. The number of carbonyl (C=O) groups is 1. The fourth-order valence-corrected chi connectivity index (χ4v) is 2.51. The zero-order valence-electron chi connectivity index (χ0n) is 11.5. The molecule has 1 aromatic heterocycles. The maximum atomic E-state index is 10.9. The summed E-state index contributed by atoms with van der Waals surface area (Å²) in [4.78, 5) is 10.9. The highest BCUT2D eigenvalue weighted by Gasteiger charge is 2.16. The largest absolute Gasteiger partial charge is 0.476 e. The summed E-state index contributed by atoms with van der Waals surface area (Å²) in [6, 6.07) is 12.2. The summed E-state index contributed by atoms with van der Waals surface area (Å²) in [5, 5.41) is 19.3. The van der Waals surface area contributed by atoms with E-state index in [1.807, 2.05) is 12.1 Å². The highest BCUT2D eigenvalue weighted by Crippen LogP contribution is 2.29. The molecule has 0 aliphatic heterocycles. The molecule has 1 heterocycles. The molecule has 0 saturated carbocycles. The Balaban J connectivity index is 1.84. The fourth-order valence-electron chi connectivity index (χ4n) is 1.98. The van der Waals surface area contributed by atoms with Gasteiger partial charge in [0.2, 0.25) is 5.69 Å². The third kappa shape index (κ3) is 3.44. The Hall–Kier alpha value is -2.57. The number of ether oxygens (including phenoxy) is 1. The van der Waals surface area contributed by atoms with Crippen molar-refractivity contribution in [3.05, 3.63) is 58.2 Å². The molecule has 3 aromatic rings. The van der Waals surface area contributed by atoms with Crippen molar-refractivity contribution in [1.82, 2.24) is 15.4 Å². The first kappa shape index (κ1) is 15.3. The summed E-state index contributed by atoms with van der Waals surface area (Å²) in [5.74, 6) is -0.814. The summed E-state index contributed by atoms with van der Waals surface area (Å²) in [6.45, 7) is 0. The quantitative estimate of drug-likeness (QED) is 0.734. The van der Waals surface area contributed by atoms with Crippen LogP contribution in [0.3, 0.4) is 0 Å². The molecule has 2 N–H and O–H groups in total. The van der Waals surface area contributed by atoms with Crippen LogP contribution >= 0.6 is 23.2 Å². The van der Waals surface area contributed by atoms with Crippen LogP contribution in [0.2, 0.25) is 10.0 Å². The first-order chi connectivity index (χ1) is 11.0. The highest BCUT2D eigenvalue weighted by molar-refractivity contribution is 6.35. The normalized spacial score (nSPS) is 10.5. The Morgan fingerprint density at radius 1 is 1.04 bits per heavy atom. The zero-order chi connectivity index (χ0) is 16.4. The predicted molar refractivity (Wildman–Crippen MR) is 85.3 cm³/mol. The molecule has 0 saturated heterocycles. The van der Waals surface area contributed by atoms with Crippen molar-refractivity contribution < 1.29 is 14.6 Å².